The summed E-state index contributed by atoms with van der Waals surface area (Å²) in [7, 11) is 1.47. The Kier molecular flexibility index (Phi) is 5.39. The van der Waals surface area contributed by atoms with Crippen molar-refractivity contribution in [3.8, 4) is 0 Å². The molecule has 1 aromatic heterocycles. The number of esters is 1. The Labute approximate surface area is 115 Å². The molecule has 0 aliphatic rings. The number of pyridine rings is 1. The van der Waals surface area contributed by atoms with Crippen LogP contribution in [-0.2, 0) is 20.8 Å². The Morgan fingerprint density at radius 2 is 2.20 bits per heavy atom. The first-order valence-corrected chi connectivity index (χ1v) is 5.89. The minimum Gasteiger partial charge on any atom is -0.459 e. The molecule has 0 spiro atoms. The van der Waals surface area contributed by atoms with E-state index in [0.29, 0.717) is 0 Å². The van der Waals surface area contributed by atoms with Crippen LogP contribution < -0.4 is 5.56 Å². The van der Waals surface area contributed by atoms with Crippen LogP contribution in [-0.4, -0.2) is 35.3 Å². The monoisotopic (exact) mass is 284 g/mol. The lowest BCUT2D eigenvalue weighted by Gasteiger charge is -2.13. The lowest BCUT2D eigenvalue weighted by atomic mass is 10.3. The fourth-order valence-corrected chi connectivity index (χ4v) is 1.65. The largest absolute Gasteiger partial charge is 0.459 e. The smallest absolute Gasteiger partial charge is 0.326 e. The van der Waals surface area contributed by atoms with Crippen LogP contribution in [0.5, 0.6) is 0 Å². The molecule has 1 unspecified atom stereocenters. The van der Waals surface area contributed by atoms with Crippen LogP contribution >= 0.6 is 0 Å². The van der Waals surface area contributed by atoms with Crippen molar-refractivity contribution < 1.29 is 19.2 Å². The highest BCUT2D eigenvalue weighted by atomic mass is 16.6. The van der Waals surface area contributed by atoms with Crippen molar-refractivity contribution in [1.29, 1.82) is 0 Å². The summed E-state index contributed by atoms with van der Waals surface area (Å²) in [4.78, 5) is 33.5. The van der Waals surface area contributed by atoms with Crippen LogP contribution in [0.2, 0.25) is 0 Å². The summed E-state index contributed by atoms with van der Waals surface area (Å²) in [6.07, 6.45) is 0.570. The highest BCUT2D eigenvalue weighted by Gasteiger charge is 2.15. The van der Waals surface area contributed by atoms with E-state index in [0.717, 1.165) is 16.8 Å². The summed E-state index contributed by atoms with van der Waals surface area (Å²) in [6, 6.07) is 1.16. The molecule has 0 saturated heterocycles. The number of carbonyl (C=O) groups excluding carboxylic acids is 1. The van der Waals surface area contributed by atoms with Crippen molar-refractivity contribution in [2.24, 2.45) is 0 Å². The van der Waals surface area contributed by atoms with Crippen LogP contribution in [0.25, 0.3) is 0 Å². The minimum atomic E-state index is -0.656. The Hall–Kier alpha value is -2.22. The molecule has 8 heteroatoms. The molecule has 0 aliphatic heterocycles. The molecule has 110 valence electrons. The average Bonchev–Trinajstić information content (AvgIpc) is 2.34. The molecule has 1 heterocycles. The van der Waals surface area contributed by atoms with Gasteiger partial charge in [0.2, 0.25) is 0 Å². The van der Waals surface area contributed by atoms with Crippen LogP contribution in [0.3, 0.4) is 0 Å². The number of ether oxygens (including phenoxy) is 2. The van der Waals surface area contributed by atoms with Crippen molar-refractivity contribution in [2.45, 2.75) is 26.5 Å². The van der Waals surface area contributed by atoms with Crippen LogP contribution in [0.15, 0.2) is 17.1 Å². The first-order valence-electron chi connectivity index (χ1n) is 5.89. The van der Waals surface area contributed by atoms with Gasteiger partial charge in [-0.25, -0.2) is 0 Å². The third-order valence-electron chi connectivity index (χ3n) is 2.49. The van der Waals surface area contributed by atoms with Gasteiger partial charge in [0.25, 0.3) is 11.2 Å². The predicted molar refractivity (Wildman–Crippen MR) is 69.5 cm³/mol. The zero-order valence-corrected chi connectivity index (χ0v) is 11.5. The Bertz CT molecular complexity index is 566. The van der Waals surface area contributed by atoms with E-state index in [1.807, 2.05) is 0 Å². The van der Waals surface area contributed by atoms with Crippen LogP contribution in [0.4, 0.5) is 5.69 Å². The van der Waals surface area contributed by atoms with Crippen molar-refractivity contribution >= 4 is 11.7 Å². The number of aryl methyl sites for hydroxylation is 1. The summed E-state index contributed by atoms with van der Waals surface area (Å²) in [5.74, 6) is -0.656. The van der Waals surface area contributed by atoms with Gasteiger partial charge < -0.3 is 9.47 Å². The van der Waals surface area contributed by atoms with Crippen molar-refractivity contribution in [3.05, 3.63) is 38.3 Å². The maximum Gasteiger partial charge on any atom is 0.326 e. The van der Waals surface area contributed by atoms with E-state index in [4.69, 9.17) is 9.47 Å². The first kappa shape index (κ1) is 15.8. The zero-order chi connectivity index (χ0) is 15.3. The summed E-state index contributed by atoms with van der Waals surface area (Å²) < 4.78 is 10.8. The van der Waals surface area contributed by atoms with Crippen LogP contribution in [0.1, 0.15) is 12.5 Å². The highest BCUT2D eigenvalue weighted by Crippen LogP contribution is 2.09. The second-order valence-corrected chi connectivity index (χ2v) is 4.33. The molecule has 8 nitrogen and oxygen atoms in total. The molecule has 0 fully saturated rings. The molecule has 0 amide bonds. The van der Waals surface area contributed by atoms with Gasteiger partial charge in [-0.1, -0.05) is 0 Å². The van der Waals surface area contributed by atoms with Gasteiger partial charge in [-0.2, -0.15) is 0 Å². The van der Waals surface area contributed by atoms with Gasteiger partial charge in [-0.05, 0) is 13.8 Å². The fourth-order valence-electron chi connectivity index (χ4n) is 1.65. The molecule has 0 radical (unpaired) electrons. The van der Waals surface area contributed by atoms with Gasteiger partial charge in [0.1, 0.15) is 12.6 Å². The maximum absolute atomic E-state index is 11.8. The molecule has 1 atom stereocenters. The summed E-state index contributed by atoms with van der Waals surface area (Å²) in [6.45, 7) is 2.94. The lowest BCUT2D eigenvalue weighted by molar-refractivity contribution is -0.385. The van der Waals surface area contributed by atoms with Crippen molar-refractivity contribution in [3.63, 3.8) is 0 Å². The lowest BCUT2D eigenvalue weighted by Crippen LogP contribution is -2.29. The zero-order valence-electron chi connectivity index (χ0n) is 11.5. The Morgan fingerprint density at radius 3 is 2.75 bits per heavy atom. The highest BCUT2D eigenvalue weighted by molar-refractivity contribution is 5.69. The van der Waals surface area contributed by atoms with E-state index in [2.05, 4.69) is 0 Å². The standard InChI is InChI=1S/C12H16N2O6/c1-8-4-10(14(17)18)5-13(12(8)16)6-11(15)20-9(2)7-19-3/h4-5,9H,6-7H2,1-3H3. The predicted octanol–water partition coefficient (Wildman–Crippen LogP) is 0.643. The number of hydrogen-bond acceptors (Lipinski definition) is 6. The maximum atomic E-state index is 11.8. The molecule has 0 saturated carbocycles. The third kappa shape index (κ3) is 4.16. The summed E-state index contributed by atoms with van der Waals surface area (Å²) >= 11 is 0. The quantitative estimate of drug-likeness (QED) is 0.431. The van der Waals surface area contributed by atoms with Crippen LogP contribution in [0, 0.1) is 17.0 Å². The van der Waals surface area contributed by atoms with E-state index < -0.39 is 22.6 Å². The summed E-state index contributed by atoms with van der Waals surface area (Å²) in [5.41, 5.74) is -0.524. The number of rotatable bonds is 6. The number of hydrogen-bond donors (Lipinski definition) is 0. The topological polar surface area (TPSA) is 101 Å². The number of carbonyl (C=O) groups is 1. The third-order valence-corrected chi connectivity index (χ3v) is 2.49. The van der Waals surface area contributed by atoms with Crippen molar-refractivity contribution in [2.75, 3.05) is 13.7 Å². The van der Waals surface area contributed by atoms with E-state index in [1.54, 1.807) is 6.92 Å². The van der Waals surface area contributed by atoms with Crippen molar-refractivity contribution in [1.82, 2.24) is 4.57 Å². The van der Waals surface area contributed by atoms with Gasteiger partial charge in [0.15, 0.2) is 0 Å². The van der Waals surface area contributed by atoms with Gasteiger partial charge in [-0.3, -0.25) is 24.3 Å². The summed E-state index contributed by atoms with van der Waals surface area (Å²) in [5, 5.41) is 10.7. The number of nitro groups is 1. The molecule has 0 aromatic carbocycles. The molecule has 1 aromatic rings. The second-order valence-electron chi connectivity index (χ2n) is 4.33. The molecule has 0 bridgehead atoms. The van der Waals surface area contributed by atoms with E-state index in [9.17, 15) is 19.7 Å². The SMILES string of the molecule is COCC(C)OC(=O)Cn1cc([N+](=O)[O-])cc(C)c1=O. The average molecular weight is 284 g/mol. The van der Waals surface area contributed by atoms with Gasteiger partial charge in [-0.15, -0.1) is 0 Å². The number of methoxy groups -OCH3 is 1. The molecular weight excluding hydrogens is 268 g/mol. The normalized spacial score (nSPS) is 11.9. The fraction of sp³-hybridized carbons (Fsp3) is 0.500. The molecule has 20 heavy (non-hydrogen) atoms. The molecule has 0 N–H and O–H groups in total. The minimum absolute atomic E-state index is 0.192. The first-order chi connectivity index (χ1) is 9.35. The second kappa shape index (κ2) is 6.80. The van der Waals surface area contributed by atoms with Gasteiger partial charge in [0, 0.05) is 18.7 Å². The van der Waals surface area contributed by atoms with E-state index >= 15 is 0 Å². The molecule has 1 rings (SSSR count). The Morgan fingerprint density at radius 1 is 1.55 bits per heavy atom. The van der Waals surface area contributed by atoms with E-state index in [1.165, 1.54) is 14.0 Å². The van der Waals surface area contributed by atoms with Gasteiger partial charge >= 0.3 is 5.97 Å². The molecular formula is C12H16N2O6. The number of aromatic nitrogens is 1. The molecule has 0 aliphatic carbocycles. The van der Waals surface area contributed by atoms with Gasteiger partial charge in [0.05, 0.1) is 17.7 Å². The number of nitrogens with zero attached hydrogens (tertiary/aromatic N) is 2. The Balaban J connectivity index is 2.89. The van der Waals surface area contributed by atoms with E-state index in [-0.39, 0.29) is 24.4 Å².